The Morgan fingerprint density at radius 2 is 1.87 bits per heavy atom. The van der Waals surface area contributed by atoms with E-state index in [9.17, 15) is 4.39 Å². The maximum Gasteiger partial charge on any atom is 0.161 e. The quantitative estimate of drug-likeness (QED) is 0.738. The number of imidazole rings is 1. The van der Waals surface area contributed by atoms with Crippen LogP contribution in [0, 0.1) is 5.82 Å². The highest BCUT2D eigenvalue weighted by Crippen LogP contribution is 2.30. The fourth-order valence-electron chi connectivity index (χ4n) is 2.75. The summed E-state index contributed by atoms with van der Waals surface area (Å²) in [7, 11) is 0. The second-order valence-corrected chi connectivity index (χ2v) is 5.99. The van der Waals surface area contributed by atoms with Crippen molar-refractivity contribution in [2.75, 3.05) is 5.73 Å². The number of aromatic nitrogens is 2. The number of fused-ring (bicyclic) bond motifs is 1. The molecular formula is C18H20FN3O. The van der Waals surface area contributed by atoms with E-state index < -0.39 is 5.60 Å². The summed E-state index contributed by atoms with van der Waals surface area (Å²) in [6.45, 7) is 6.60. The lowest BCUT2D eigenvalue weighted by Gasteiger charge is -2.26. The number of halogens is 1. The topological polar surface area (TPSA) is 53.1 Å². The molecule has 3 rings (SSSR count). The Bertz CT molecular complexity index is 837. The molecule has 0 fully saturated rings. The smallest absolute Gasteiger partial charge is 0.161 e. The predicted molar refractivity (Wildman–Crippen MR) is 89.9 cm³/mol. The van der Waals surface area contributed by atoms with Crippen LogP contribution in [0.3, 0.4) is 0 Å². The maximum atomic E-state index is 13.6. The van der Waals surface area contributed by atoms with Crippen LogP contribution in [0.1, 0.15) is 26.6 Å². The molecule has 120 valence electrons. The lowest BCUT2D eigenvalue weighted by molar-refractivity contribution is 0.0949. The van der Waals surface area contributed by atoms with Gasteiger partial charge < -0.3 is 15.0 Å². The van der Waals surface area contributed by atoms with Gasteiger partial charge in [-0.1, -0.05) is 0 Å². The molecule has 0 amide bonds. The Labute approximate surface area is 134 Å². The van der Waals surface area contributed by atoms with Gasteiger partial charge in [0.25, 0.3) is 0 Å². The van der Waals surface area contributed by atoms with E-state index in [4.69, 9.17) is 10.5 Å². The van der Waals surface area contributed by atoms with E-state index >= 15 is 0 Å². The number of nitrogens with two attached hydrogens (primary N) is 1. The molecule has 0 aliphatic carbocycles. The minimum absolute atomic E-state index is 0.268. The number of ether oxygens (including phenoxy) is 1. The van der Waals surface area contributed by atoms with Crippen LogP contribution >= 0.6 is 0 Å². The number of rotatable bonds is 4. The van der Waals surface area contributed by atoms with E-state index in [-0.39, 0.29) is 5.82 Å². The van der Waals surface area contributed by atoms with Crippen molar-refractivity contribution >= 4 is 16.7 Å². The van der Waals surface area contributed by atoms with Crippen LogP contribution in [0.25, 0.3) is 11.0 Å². The Morgan fingerprint density at radius 1 is 1.17 bits per heavy atom. The van der Waals surface area contributed by atoms with Crippen LogP contribution < -0.4 is 10.5 Å². The molecule has 0 saturated carbocycles. The fraction of sp³-hybridized carbons (Fsp3) is 0.278. The summed E-state index contributed by atoms with van der Waals surface area (Å²) in [6.07, 6.45) is 0. The van der Waals surface area contributed by atoms with Crippen molar-refractivity contribution in [2.24, 2.45) is 0 Å². The Hall–Kier alpha value is -2.56. The highest BCUT2D eigenvalue weighted by molar-refractivity contribution is 5.76. The number of benzene rings is 2. The first-order valence-corrected chi connectivity index (χ1v) is 7.61. The summed E-state index contributed by atoms with van der Waals surface area (Å²) < 4.78 is 21.7. The third-order valence-corrected chi connectivity index (χ3v) is 3.82. The van der Waals surface area contributed by atoms with Gasteiger partial charge in [-0.2, -0.15) is 0 Å². The van der Waals surface area contributed by atoms with E-state index in [1.165, 1.54) is 12.1 Å². The van der Waals surface area contributed by atoms with Crippen LogP contribution in [0.15, 0.2) is 42.5 Å². The molecule has 0 bridgehead atoms. The average Bonchev–Trinajstić information content (AvgIpc) is 2.88. The van der Waals surface area contributed by atoms with Gasteiger partial charge in [0.2, 0.25) is 0 Å². The van der Waals surface area contributed by atoms with Crippen molar-refractivity contribution in [2.45, 2.75) is 32.9 Å². The van der Waals surface area contributed by atoms with E-state index in [0.717, 1.165) is 16.9 Å². The van der Waals surface area contributed by atoms with Crippen LogP contribution in [0.5, 0.6) is 5.75 Å². The standard InChI is InChI=1S/C18H20FN3O/c1-4-22-16-11-12(19)5-10-15(16)21-17(22)18(2,3)23-14-8-6-13(20)7-9-14/h5-11H,4,20H2,1-3H3. The molecule has 0 radical (unpaired) electrons. The van der Waals surface area contributed by atoms with Crippen LogP contribution in [-0.2, 0) is 12.1 Å². The number of aryl methyl sites for hydroxylation is 1. The van der Waals surface area contributed by atoms with Crippen LogP contribution in [0.2, 0.25) is 0 Å². The maximum absolute atomic E-state index is 13.6. The summed E-state index contributed by atoms with van der Waals surface area (Å²) in [5, 5.41) is 0. The van der Waals surface area contributed by atoms with Crippen molar-refractivity contribution < 1.29 is 9.13 Å². The first-order chi connectivity index (χ1) is 10.9. The minimum Gasteiger partial charge on any atom is -0.480 e. The molecule has 0 spiro atoms. The van der Waals surface area contributed by atoms with E-state index in [1.54, 1.807) is 18.2 Å². The summed E-state index contributed by atoms with van der Waals surface area (Å²) in [5.74, 6) is 1.21. The molecule has 0 unspecified atom stereocenters. The Balaban J connectivity index is 2.04. The SMILES string of the molecule is CCn1c(C(C)(C)Oc2ccc(N)cc2)nc2ccc(F)cc21. The number of nitrogens with zero attached hydrogens (tertiary/aromatic N) is 2. The second kappa shape index (κ2) is 5.57. The molecule has 0 aliphatic heterocycles. The van der Waals surface area contributed by atoms with Gasteiger partial charge >= 0.3 is 0 Å². The van der Waals surface area contributed by atoms with Crippen molar-refractivity contribution in [3.05, 3.63) is 54.1 Å². The summed E-state index contributed by atoms with van der Waals surface area (Å²) in [5.41, 5.74) is 7.26. The number of hydrogen-bond acceptors (Lipinski definition) is 3. The molecule has 1 heterocycles. The normalized spacial score (nSPS) is 11.8. The van der Waals surface area contributed by atoms with Gasteiger partial charge in [-0.3, -0.25) is 0 Å². The van der Waals surface area contributed by atoms with Crippen molar-refractivity contribution in [1.82, 2.24) is 9.55 Å². The van der Waals surface area contributed by atoms with E-state index in [2.05, 4.69) is 4.98 Å². The highest BCUT2D eigenvalue weighted by Gasteiger charge is 2.29. The van der Waals surface area contributed by atoms with Crippen molar-refractivity contribution in [1.29, 1.82) is 0 Å². The second-order valence-electron chi connectivity index (χ2n) is 5.99. The summed E-state index contributed by atoms with van der Waals surface area (Å²) in [6, 6.07) is 11.9. The number of hydrogen-bond donors (Lipinski definition) is 1. The van der Waals surface area contributed by atoms with E-state index in [0.29, 0.717) is 18.0 Å². The minimum atomic E-state index is -0.665. The van der Waals surface area contributed by atoms with E-state index in [1.807, 2.05) is 37.5 Å². The summed E-state index contributed by atoms with van der Waals surface area (Å²) >= 11 is 0. The first-order valence-electron chi connectivity index (χ1n) is 7.61. The van der Waals surface area contributed by atoms with Crippen molar-refractivity contribution in [3.8, 4) is 5.75 Å². The van der Waals surface area contributed by atoms with Crippen LogP contribution in [-0.4, -0.2) is 9.55 Å². The molecule has 1 aromatic heterocycles. The lowest BCUT2D eigenvalue weighted by Crippen LogP contribution is -2.29. The highest BCUT2D eigenvalue weighted by atomic mass is 19.1. The molecule has 0 atom stereocenters. The van der Waals surface area contributed by atoms with Crippen LogP contribution in [0.4, 0.5) is 10.1 Å². The van der Waals surface area contributed by atoms with Gasteiger partial charge in [-0.15, -0.1) is 0 Å². The van der Waals surface area contributed by atoms with Gasteiger partial charge in [0.1, 0.15) is 11.6 Å². The van der Waals surface area contributed by atoms with Gasteiger partial charge in [0, 0.05) is 12.2 Å². The largest absolute Gasteiger partial charge is 0.480 e. The number of anilines is 1. The molecule has 0 aliphatic rings. The third-order valence-electron chi connectivity index (χ3n) is 3.82. The molecule has 3 aromatic rings. The van der Waals surface area contributed by atoms with Gasteiger partial charge in [-0.05, 0) is 63.2 Å². The average molecular weight is 313 g/mol. The number of nitrogen functional groups attached to an aromatic ring is 1. The zero-order chi connectivity index (χ0) is 16.6. The zero-order valence-corrected chi connectivity index (χ0v) is 13.5. The van der Waals surface area contributed by atoms with Gasteiger partial charge in [-0.25, -0.2) is 9.37 Å². The first kappa shape index (κ1) is 15.3. The summed E-state index contributed by atoms with van der Waals surface area (Å²) in [4.78, 5) is 4.66. The fourth-order valence-corrected chi connectivity index (χ4v) is 2.75. The molecular weight excluding hydrogens is 293 g/mol. The molecule has 4 nitrogen and oxygen atoms in total. The molecule has 23 heavy (non-hydrogen) atoms. The lowest BCUT2D eigenvalue weighted by atomic mass is 10.1. The van der Waals surface area contributed by atoms with Gasteiger partial charge in [0.05, 0.1) is 11.0 Å². The molecule has 0 saturated heterocycles. The predicted octanol–water partition coefficient (Wildman–Crippen LogP) is 4.09. The Morgan fingerprint density at radius 3 is 2.52 bits per heavy atom. The van der Waals surface area contributed by atoms with Gasteiger partial charge in [0.15, 0.2) is 11.4 Å². The molecule has 2 aromatic carbocycles. The molecule has 5 heteroatoms. The molecule has 2 N–H and O–H groups in total. The zero-order valence-electron chi connectivity index (χ0n) is 13.5. The monoisotopic (exact) mass is 313 g/mol. The van der Waals surface area contributed by atoms with Crippen molar-refractivity contribution in [3.63, 3.8) is 0 Å². The third kappa shape index (κ3) is 2.86. The Kier molecular flexibility index (Phi) is 3.72.